The van der Waals surface area contributed by atoms with Crippen LogP contribution in [0.25, 0.3) is 0 Å². The van der Waals surface area contributed by atoms with Gasteiger partial charge in [-0.1, -0.05) is 17.4 Å². The van der Waals surface area contributed by atoms with Crippen molar-refractivity contribution in [3.05, 3.63) is 70.8 Å². The van der Waals surface area contributed by atoms with E-state index in [1.807, 2.05) is 24.4 Å². The third kappa shape index (κ3) is 5.21. The highest BCUT2D eigenvalue weighted by atomic mass is 32.1. The van der Waals surface area contributed by atoms with Crippen molar-refractivity contribution in [1.82, 2.24) is 24.9 Å². The van der Waals surface area contributed by atoms with Crippen molar-refractivity contribution in [3.63, 3.8) is 0 Å². The van der Waals surface area contributed by atoms with Crippen LogP contribution in [-0.2, 0) is 17.7 Å². The molecule has 4 aromatic heterocycles. The normalized spacial score (nSPS) is 12.4. The van der Waals surface area contributed by atoms with Gasteiger partial charge in [-0.2, -0.15) is 9.97 Å². The van der Waals surface area contributed by atoms with Gasteiger partial charge in [0.15, 0.2) is 5.13 Å². The van der Waals surface area contributed by atoms with Gasteiger partial charge < -0.3 is 14.5 Å². The summed E-state index contributed by atoms with van der Waals surface area (Å²) in [7, 11) is 0. The molecule has 0 fully saturated rings. The predicted octanol–water partition coefficient (Wildman–Crippen LogP) is 4.67. The summed E-state index contributed by atoms with van der Waals surface area (Å²) in [5, 5.41) is 3.78. The second-order valence-electron chi connectivity index (χ2n) is 8.43. The fourth-order valence-corrected chi connectivity index (χ4v) is 5.21. The van der Waals surface area contributed by atoms with Crippen LogP contribution in [0.1, 0.15) is 40.3 Å². The van der Waals surface area contributed by atoms with Crippen molar-refractivity contribution in [2.45, 2.75) is 33.7 Å². The van der Waals surface area contributed by atoms with Gasteiger partial charge in [0.1, 0.15) is 16.5 Å². The van der Waals surface area contributed by atoms with E-state index in [1.165, 1.54) is 11.3 Å². The van der Waals surface area contributed by atoms with Gasteiger partial charge in [0.05, 0.1) is 12.3 Å². The lowest BCUT2D eigenvalue weighted by Crippen LogP contribution is -2.22. The first-order valence-electron chi connectivity index (χ1n) is 12.2. The summed E-state index contributed by atoms with van der Waals surface area (Å²) >= 11 is 1.23. The summed E-state index contributed by atoms with van der Waals surface area (Å²) in [6.07, 6.45) is 8.04. The number of fused-ring (bicyclic) bond motifs is 1. The molecule has 1 aliphatic rings. The van der Waals surface area contributed by atoms with Crippen LogP contribution < -0.4 is 15.1 Å². The molecule has 0 radical (unpaired) electrons. The molecule has 11 heteroatoms. The van der Waals surface area contributed by atoms with Gasteiger partial charge in [-0.05, 0) is 51.0 Å². The van der Waals surface area contributed by atoms with Crippen LogP contribution in [0.5, 0.6) is 0 Å². The lowest BCUT2D eigenvalue weighted by atomic mass is 10.2. The van der Waals surface area contributed by atoms with E-state index in [2.05, 4.69) is 43.1 Å². The second kappa shape index (κ2) is 10.9. The molecule has 0 spiro atoms. The van der Waals surface area contributed by atoms with Crippen LogP contribution in [0.2, 0.25) is 0 Å². The first-order chi connectivity index (χ1) is 18.1. The number of aryl methyl sites for hydroxylation is 1. The molecular formula is C26H28N8O2S. The summed E-state index contributed by atoms with van der Waals surface area (Å²) < 4.78 is 5.17. The predicted molar refractivity (Wildman–Crippen MR) is 144 cm³/mol. The number of ether oxygens (including phenoxy) is 1. The maximum absolute atomic E-state index is 12.3. The number of nitrogens with zero attached hydrogens (tertiary/aromatic N) is 7. The van der Waals surface area contributed by atoms with Gasteiger partial charge in [0.25, 0.3) is 0 Å². The molecular weight excluding hydrogens is 488 g/mol. The highest BCUT2D eigenvalue weighted by Crippen LogP contribution is 2.38. The molecule has 1 aliphatic heterocycles. The maximum Gasteiger partial charge on any atom is 0.350 e. The summed E-state index contributed by atoms with van der Waals surface area (Å²) in [6, 6.07) is 7.96. The average Bonchev–Trinajstić information content (AvgIpc) is 3.49. The lowest BCUT2D eigenvalue weighted by Gasteiger charge is -2.25. The maximum atomic E-state index is 12.3. The number of anilines is 5. The number of rotatable bonds is 9. The molecule has 1 N–H and O–H groups in total. The standard InChI is InChI=1S/C26H28N8O2S/c1-4-34(19-8-12-27-13-9-19)23-20-10-14-33(16-18-7-6-11-28-15-18)22(20)30-25(31-23)32-26-29-17(3)21(37-26)24(35)36-5-2/h6-9,11-13,15H,4-5,10,14,16H2,1-3H3,(H,29,30,31,32). The average molecular weight is 517 g/mol. The molecule has 0 unspecified atom stereocenters. The minimum atomic E-state index is -0.376. The van der Waals surface area contributed by atoms with Gasteiger partial charge in [-0.15, -0.1) is 0 Å². The lowest BCUT2D eigenvalue weighted by molar-refractivity contribution is 0.0531. The Kier molecular flexibility index (Phi) is 7.22. The molecule has 0 aromatic carbocycles. The van der Waals surface area contributed by atoms with Crippen molar-refractivity contribution < 1.29 is 9.53 Å². The highest BCUT2D eigenvalue weighted by Gasteiger charge is 2.29. The van der Waals surface area contributed by atoms with E-state index in [0.717, 1.165) is 48.0 Å². The Balaban J connectivity index is 1.54. The van der Waals surface area contributed by atoms with Crippen molar-refractivity contribution in [2.24, 2.45) is 0 Å². The number of hydrogen-bond acceptors (Lipinski definition) is 11. The summed E-state index contributed by atoms with van der Waals surface area (Å²) in [5.74, 6) is 1.76. The number of aromatic nitrogens is 5. The van der Waals surface area contributed by atoms with Crippen LogP contribution in [-0.4, -0.2) is 50.6 Å². The molecule has 190 valence electrons. The number of esters is 1. The third-order valence-corrected chi connectivity index (χ3v) is 7.07. The molecule has 0 bridgehead atoms. The zero-order valence-electron chi connectivity index (χ0n) is 21.0. The minimum absolute atomic E-state index is 0.310. The van der Waals surface area contributed by atoms with Crippen molar-refractivity contribution in [3.8, 4) is 0 Å². The number of pyridine rings is 2. The van der Waals surface area contributed by atoms with Gasteiger partial charge in [-0.3, -0.25) is 15.3 Å². The molecule has 5 rings (SSSR count). The zero-order chi connectivity index (χ0) is 25.8. The Morgan fingerprint density at radius 3 is 2.70 bits per heavy atom. The fraction of sp³-hybridized carbons (Fsp3) is 0.308. The molecule has 10 nitrogen and oxygen atoms in total. The molecule has 0 saturated heterocycles. The van der Waals surface area contributed by atoms with Gasteiger partial charge >= 0.3 is 5.97 Å². The molecule has 0 saturated carbocycles. The van der Waals surface area contributed by atoms with E-state index in [4.69, 9.17) is 14.7 Å². The van der Waals surface area contributed by atoms with E-state index in [1.54, 1.807) is 32.4 Å². The first-order valence-corrected chi connectivity index (χ1v) is 13.0. The Hall–Kier alpha value is -4.12. The van der Waals surface area contributed by atoms with Crippen LogP contribution in [0, 0.1) is 6.92 Å². The Bertz CT molecular complexity index is 1380. The Morgan fingerprint density at radius 1 is 1.14 bits per heavy atom. The van der Waals surface area contributed by atoms with Crippen molar-refractivity contribution in [2.75, 3.05) is 34.8 Å². The second-order valence-corrected chi connectivity index (χ2v) is 9.43. The van der Waals surface area contributed by atoms with Gasteiger partial charge in [0.2, 0.25) is 5.95 Å². The largest absolute Gasteiger partial charge is 0.462 e. The topological polar surface area (TPSA) is 109 Å². The monoisotopic (exact) mass is 516 g/mol. The van der Waals surface area contributed by atoms with Crippen LogP contribution in [0.3, 0.4) is 0 Å². The third-order valence-electron chi connectivity index (χ3n) is 6.01. The zero-order valence-corrected chi connectivity index (χ0v) is 21.8. The smallest absolute Gasteiger partial charge is 0.350 e. The fourth-order valence-electron chi connectivity index (χ4n) is 4.35. The molecule has 0 aliphatic carbocycles. The van der Waals surface area contributed by atoms with E-state index in [-0.39, 0.29) is 5.97 Å². The first kappa shape index (κ1) is 24.6. The van der Waals surface area contributed by atoms with Gasteiger partial charge in [0, 0.05) is 55.7 Å². The molecule has 37 heavy (non-hydrogen) atoms. The SMILES string of the molecule is CCOC(=O)c1sc(Nc2nc3c(c(N(CC)c4ccncc4)n2)CCN3Cc2cccnc2)nc1C. The van der Waals surface area contributed by atoms with Crippen molar-refractivity contribution in [1.29, 1.82) is 0 Å². The molecule has 5 heterocycles. The number of carbonyl (C=O) groups excluding carboxylic acids is 1. The summed E-state index contributed by atoms with van der Waals surface area (Å²) in [5.41, 5.74) is 3.82. The van der Waals surface area contributed by atoms with Crippen LogP contribution >= 0.6 is 11.3 Å². The summed E-state index contributed by atoms with van der Waals surface area (Å²) in [6.45, 7) is 8.23. The van der Waals surface area contributed by atoms with Crippen LogP contribution in [0.15, 0.2) is 49.1 Å². The van der Waals surface area contributed by atoms with Crippen LogP contribution in [0.4, 0.5) is 28.4 Å². The van der Waals surface area contributed by atoms with E-state index < -0.39 is 0 Å². The Morgan fingerprint density at radius 2 is 1.97 bits per heavy atom. The quantitative estimate of drug-likeness (QED) is 0.315. The number of nitrogens with one attached hydrogen (secondary N) is 1. The highest BCUT2D eigenvalue weighted by molar-refractivity contribution is 7.17. The van der Waals surface area contributed by atoms with Crippen molar-refractivity contribution >= 4 is 45.7 Å². The van der Waals surface area contributed by atoms with E-state index >= 15 is 0 Å². The van der Waals surface area contributed by atoms with E-state index in [0.29, 0.717) is 34.8 Å². The molecule has 4 aromatic rings. The number of thiazole rings is 1. The molecule has 0 amide bonds. The molecule has 0 atom stereocenters. The summed E-state index contributed by atoms with van der Waals surface area (Å²) in [4.78, 5) is 40.0. The van der Waals surface area contributed by atoms with E-state index in [9.17, 15) is 4.79 Å². The Labute approximate surface area is 219 Å². The minimum Gasteiger partial charge on any atom is -0.462 e. The van der Waals surface area contributed by atoms with Gasteiger partial charge in [-0.25, -0.2) is 9.78 Å². The number of carbonyl (C=O) groups is 1. The number of hydrogen-bond donors (Lipinski definition) is 1.